The Hall–Kier alpha value is -1.22. The topological polar surface area (TPSA) is 73.6 Å². The Morgan fingerprint density at radius 2 is 2.09 bits per heavy atom. The van der Waals surface area contributed by atoms with Gasteiger partial charge in [-0.3, -0.25) is 4.79 Å². The van der Waals surface area contributed by atoms with Gasteiger partial charge in [-0.1, -0.05) is 11.6 Å². The summed E-state index contributed by atoms with van der Waals surface area (Å²) in [6.45, 7) is -1.52. The zero-order valence-corrected chi connectivity index (χ0v) is 13.0. The number of carbonyl (C=O) groups excluding carboxylic acids is 1. The molecule has 126 valence electrons. The van der Waals surface area contributed by atoms with Crippen molar-refractivity contribution >= 4 is 35.6 Å². The van der Waals surface area contributed by atoms with Crippen molar-refractivity contribution < 1.29 is 27.4 Å². The number of alkyl halides is 3. The van der Waals surface area contributed by atoms with Crippen LogP contribution in [0.2, 0.25) is 5.02 Å². The maximum Gasteiger partial charge on any atom is 0.422 e. The van der Waals surface area contributed by atoms with Gasteiger partial charge in [0, 0.05) is 12.1 Å². The van der Waals surface area contributed by atoms with Crippen molar-refractivity contribution in [3.8, 4) is 5.75 Å². The molecule has 1 atom stereocenters. The minimum atomic E-state index is -4.49. The molecule has 0 aliphatic rings. The van der Waals surface area contributed by atoms with E-state index in [1.807, 2.05) is 0 Å². The first-order chi connectivity index (χ1) is 9.73. The molecule has 0 spiro atoms. The normalized spacial score (nSPS) is 12.3. The lowest BCUT2D eigenvalue weighted by Crippen LogP contribution is -2.39. The standard InChI is InChI=1S/C12H14ClF3N2O3.ClH/c1-20-5-8(17)11(19)18-9-4-7(13)2-3-10(9)21-6-12(14,15)16;/h2-4,8H,5-6,17H2,1H3,(H,18,19);1H. The summed E-state index contributed by atoms with van der Waals surface area (Å²) in [5.41, 5.74) is 5.52. The van der Waals surface area contributed by atoms with Crippen LogP contribution in [0.5, 0.6) is 5.75 Å². The Balaban J connectivity index is 0.00000441. The lowest BCUT2D eigenvalue weighted by atomic mass is 10.2. The number of hydrogen-bond donors (Lipinski definition) is 2. The zero-order valence-electron chi connectivity index (χ0n) is 11.4. The summed E-state index contributed by atoms with van der Waals surface area (Å²) in [6.07, 6.45) is -4.49. The Morgan fingerprint density at radius 1 is 1.45 bits per heavy atom. The van der Waals surface area contributed by atoms with E-state index in [9.17, 15) is 18.0 Å². The molecule has 0 heterocycles. The number of carbonyl (C=O) groups is 1. The van der Waals surface area contributed by atoms with Crippen molar-refractivity contribution in [1.29, 1.82) is 0 Å². The van der Waals surface area contributed by atoms with Gasteiger partial charge in [-0.15, -0.1) is 12.4 Å². The van der Waals surface area contributed by atoms with Gasteiger partial charge in [0.25, 0.3) is 0 Å². The summed E-state index contributed by atoms with van der Waals surface area (Å²) in [5.74, 6) is -0.786. The average molecular weight is 363 g/mol. The van der Waals surface area contributed by atoms with Crippen LogP contribution >= 0.6 is 24.0 Å². The second kappa shape index (κ2) is 9.04. The van der Waals surface area contributed by atoms with Gasteiger partial charge in [0.1, 0.15) is 11.8 Å². The van der Waals surface area contributed by atoms with Crippen molar-refractivity contribution in [2.45, 2.75) is 12.2 Å². The highest BCUT2D eigenvalue weighted by molar-refractivity contribution is 6.31. The Bertz CT molecular complexity index is 501. The quantitative estimate of drug-likeness (QED) is 0.815. The van der Waals surface area contributed by atoms with Gasteiger partial charge in [0.05, 0.1) is 12.3 Å². The molecule has 22 heavy (non-hydrogen) atoms. The van der Waals surface area contributed by atoms with E-state index >= 15 is 0 Å². The van der Waals surface area contributed by atoms with Crippen LogP contribution in [0.1, 0.15) is 0 Å². The number of nitrogens with two attached hydrogens (primary N) is 1. The van der Waals surface area contributed by atoms with Crippen LogP contribution in [-0.4, -0.2) is 38.4 Å². The van der Waals surface area contributed by atoms with E-state index in [0.717, 1.165) is 0 Å². The number of amides is 1. The minimum absolute atomic E-state index is 0. The molecule has 0 saturated heterocycles. The summed E-state index contributed by atoms with van der Waals surface area (Å²) in [5, 5.41) is 2.58. The molecule has 1 amide bonds. The van der Waals surface area contributed by atoms with Crippen LogP contribution in [0.3, 0.4) is 0 Å². The Kier molecular flexibility index (Phi) is 8.54. The Labute approximate surface area is 136 Å². The van der Waals surface area contributed by atoms with Crippen molar-refractivity contribution in [2.24, 2.45) is 5.73 Å². The predicted octanol–water partition coefficient (Wildman–Crippen LogP) is 2.62. The number of hydrogen-bond acceptors (Lipinski definition) is 4. The molecule has 1 rings (SSSR count). The average Bonchev–Trinajstić information content (AvgIpc) is 2.37. The van der Waals surface area contributed by atoms with Gasteiger partial charge in [-0.25, -0.2) is 0 Å². The predicted molar refractivity (Wildman–Crippen MR) is 78.7 cm³/mol. The first-order valence-electron chi connectivity index (χ1n) is 5.77. The van der Waals surface area contributed by atoms with Crippen molar-refractivity contribution in [1.82, 2.24) is 0 Å². The van der Waals surface area contributed by atoms with Crippen LogP contribution in [0.25, 0.3) is 0 Å². The molecule has 0 aromatic heterocycles. The van der Waals surface area contributed by atoms with Crippen molar-refractivity contribution in [3.63, 3.8) is 0 Å². The molecule has 0 aliphatic carbocycles. The van der Waals surface area contributed by atoms with Crippen molar-refractivity contribution in [2.75, 3.05) is 25.6 Å². The van der Waals surface area contributed by atoms with E-state index < -0.39 is 24.7 Å². The molecular formula is C12H15Cl2F3N2O3. The van der Waals surface area contributed by atoms with Crippen LogP contribution in [0, 0.1) is 0 Å². The molecule has 10 heteroatoms. The van der Waals surface area contributed by atoms with Crippen molar-refractivity contribution in [3.05, 3.63) is 23.2 Å². The van der Waals surface area contributed by atoms with E-state index in [-0.39, 0.29) is 35.5 Å². The molecule has 0 saturated carbocycles. The molecule has 1 unspecified atom stereocenters. The van der Waals surface area contributed by atoms with E-state index in [1.54, 1.807) is 0 Å². The fourth-order valence-electron chi connectivity index (χ4n) is 1.37. The summed E-state index contributed by atoms with van der Waals surface area (Å²) < 4.78 is 45.8. The third-order valence-corrected chi connectivity index (χ3v) is 2.51. The van der Waals surface area contributed by atoms with E-state index in [0.29, 0.717) is 0 Å². The second-order valence-corrected chi connectivity index (χ2v) is 4.53. The molecule has 5 nitrogen and oxygen atoms in total. The number of ether oxygens (including phenoxy) is 2. The number of rotatable bonds is 6. The number of nitrogens with one attached hydrogen (secondary N) is 1. The fraction of sp³-hybridized carbons (Fsp3) is 0.417. The van der Waals surface area contributed by atoms with Gasteiger partial charge in [-0.05, 0) is 18.2 Å². The molecular weight excluding hydrogens is 348 g/mol. The smallest absolute Gasteiger partial charge is 0.422 e. The summed E-state index contributed by atoms with van der Waals surface area (Å²) in [4.78, 5) is 11.7. The molecule has 0 bridgehead atoms. The lowest BCUT2D eigenvalue weighted by Gasteiger charge is -2.16. The highest BCUT2D eigenvalue weighted by atomic mass is 35.5. The third-order valence-electron chi connectivity index (χ3n) is 2.27. The molecule has 1 aromatic rings. The first kappa shape index (κ1) is 20.8. The lowest BCUT2D eigenvalue weighted by molar-refractivity contribution is -0.153. The van der Waals surface area contributed by atoms with Crippen LogP contribution in [0.4, 0.5) is 18.9 Å². The first-order valence-corrected chi connectivity index (χ1v) is 6.15. The summed E-state index contributed by atoms with van der Waals surface area (Å²) in [6, 6.07) is 2.87. The number of methoxy groups -OCH3 is 1. The van der Waals surface area contributed by atoms with E-state index in [4.69, 9.17) is 22.1 Å². The number of benzene rings is 1. The third kappa shape index (κ3) is 7.17. The summed E-state index contributed by atoms with van der Waals surface area (Å²) in [7, 11) is 1.37. The summed E-state index contributed by atoms with van der Waals surface area (Å²) >= 11 is 5.75. The maximum atomic E-state index is 12.2. The highest BCUT2D eigenvalue weighted by Gasteiger charge is 2.29. The van der Waals surface area contributed by atoms with E-state index in [2.05, 4.69) is 10.1 Å². The molecule has 0 radical (unpaired) electrons. The minimum Gasteiger partial charge on any atom is -0.482 e. The van der Waals surface area contributed by atoms with Gasteiger partial charge >= 0.3 is 6.18 Å². The van der Waals surface area contributed by atoms with Gasteiger partial charge in [0.15, 0.2) is 6.61 Å². The van der Waals surface area contributed by atoms with Gasteiger partial charge in [-0.2, -0.15) is 13.2 Å². The fourth-order valence-corrected chi connectivity index (χ4v) is 1.54. The maximum absolute atomic E-state index is 12.2. The van der Waals surface area contributed by atoms with Crippen LogP contribution in [0.15, 0.2) is 18.2 Å². The van der Waals surface area contributed by atoms with E-state index in [1.165, 1.54) is 25.3 Å². The largest absolute Gasteiger partial charge is 0.482 e. The monoisotopic (exact) mass is 362 g/mol. The number of halogens is 5. The Morgan fingerprint density at radius 3 is 2.64 bits per heavy atom. The van der Waals surface area contributed by atoms with Crippen LogP contribution < -0.4 is 15.8 Å². The zero-order chi connectivity index (χ0) is 16.0. The van der Waals surface area contributed by atoms with Gasteiger partial charge < -0.3 is 20.5 Å². The second-order valence-electron chi connectivity index (χ2n) is 4.10. The van der Waals surface area contributed by atoms with Gasteiger partial charge in [0.2, 0.25) is 5.91 Å². The molecule has 3 N–H and O–H groups in total. The SMILES string of the molecule is COCC(N)C(=O)Nc1cc(Cl)ccc1OCC(F)(F)F.Cl. The highest BCUT2D eigenvalue weighted by Crippen LogP contribution is 2.29. The number of anilines is 1. The molecule has 1 aromatic carbocycles. The molecule has 0 aliphatic heterocycles. The van der Waals surface area contributed by atoms with Crippen LogP contribution in [-0.2, 0) is 9.53 Å². The molecule has 0 fully saturated rings.